The smallest absolute Gasteiger partial charge is 0.0697 e. The summed E-state index contributed by atoms with van der Waals surface area (Å²) in [6.45, 7) is 4.25. The van der Waals surface area contributed by atoms with Crippen LogP contribution in [0.25, 0.3) is 5.57 Å². The molecule has 1 N–H and O–H groups in total. The molecule has 2 nitrogen and oxygen atoms in total. The van der Waals surface area contributed by atoms with Gasteiger partial charge in [-0.1, -0.05) is 61.5 Å². The molecular formula is C25H24N2. The number of hydrogen-bond acceptors (Lipinski definition) is 2. The van der Waals surface area contributed by atoms with Gasteiger partial charge in [0.15, 0.2) is 0 Å². The third kappa shape index (κ3) is 3.26. The van der Waals surface area contributed by atoms with Crippen molar-refractivity contribution in [2.24, 2.45) is 0 Å². The van der Waals surface area contributed by atoms with Crippen LogP contribution in [0.3, 0.4) is 0 Å². The number of hydrogen-bond donors (Lipinski definition) is 1. The first-order chi connectivity index (χ1) is 13.3. The summed E-state index contributed by atoms with van der Waals surface area (Å²) in [4.78, 5) is 2.32. The molecule has 4 rings (SSSR count). The maximum absolute atomic E-state index is 3.54. The topological polar surface area (TPSA) is 15.3 Å². The number of anilines is 5. The molecule has 0 bridgehead atoms. The lowest BCUT2D eigenvalue weighted by atomic mass is 10.0. The van der Waals surface area contributed by atoms with Crippen molar-refractivity contribution in [1.29, 1.82) is 0 Å². The van der Waals surface area contributed by atoms with Gasteiger partial charge in [0.2, 0.25) is 0 Å². The zero-order valence-corrected chi connectivity index (χ0v) is 15.8. The van der Waals surface area contributed by atoms with E-state index in [1.165, 1.54) is 22.5 Å². The first-order valence-corrected chi connectivity index (χ1v) is 9.50. The summed E-state index contributed by atoms with van der Waals surface area (Å²) in [7, 11) is 0. The van der Waals surface area contributed by atoms with Crippen LogP contribution in [0.5, 0.6) is 0 Å². The fourth-order valence-electron chi connectivity index (χ4n) is 3.51. The molecule has 1 heterocycles. The van der Waals surface area contributed by atoms with Gasteiger partial charge in [0.25, 0.3) is 0 Å². The second kappa shape index (κ2) is 7.55. The third-order valence-corrected chi connectivity index (χ3v) is 4.86. The van der Waals surface area contributed by atoms with Crippen LogP contribution < -0.4 is 10.2 Å². The molecular weight excluding hydrogens is 328 g/mol. The quantitative estimate of drug-likeness (QED) is 0.381. The van der Waals surface area contributed by atoms with Crippen molar-refractivity contribution in [3.8, 4) is 0 Å². The van der Waals surface area contributed by atoms with E-state index in [2.05, 4.69) is 115 Å². The Morgan fingerprint density at radius 3 is 2.00 bits per heavy atom. The van der Waals surface area contributed by atoms with Crippen molar-refractivity contribution in [3.63, 3.8) is 0 Å². The molecule has 0 saturated carbocycles. The van der Waals surface area contributed by atoms with Gasteiger partial charge in [0.1, 0.15) is 0 Å². The van der Waals surface area contributed by atoms with Gasteiger partial charge in [-0.05, 0) is 60.9 Å². The van der Waals surface area contributed by atoms with Crippen LogP contribution in [0, 0.1) is 0 Å². The molecule has 1 aliphatic rings. The Balaban J connectivity index is 1.77. The number of rotatable bonds is 4. The van der Waals surface area contributed by atoms with Gasteiger partial charge in [-0.3, -0.25) is 0 Å². The molecule has 0 spiro atoms. The van der Waals surface area contributed by atoms with E-state index in [1.807, 2.05) is 0 Å². The third-order valence-electron chi connectivity index (χ3n) is 4.86. The van der Waals surface area contributed by atoms with E-state index < -0.39 is 0 Å². The lowest BCUT2D eigenvalue weighted by Gasteiger charge is -2.34. The Bertz CT molecular complexity index is 951. The lowest BCUT2D eigenvalue weighted by Crippen LogP contribution is -2.17. The molecule has 134 valence electrons. The van der Waals surface area contributed by atoms with Crippen molar-refractivity contribution >= 4 is 34.0 Å². The summed E-state index contributed by atoms with van der Waals surface area (Å²) >= 11 is 0. The van der Waals surface area contributed by atoms with Crippen LogP contribution in [-0.2, 0) is 0 Å². The number of para-hydroxylation sites is 4. The summed E-state index contributed by atoms with van der Waals surface area (Å²) in [5.74, 6) is 0. The number of allylic oxidation sites excluding steroid dienone is 4. The van der Waals surface area contributed by atoms with Crippen LogP contribution in [0.4, 0.5) is 28.4 Å². The average molecular weight is 352 g/mol. The molecule has 0 unspecified atom stereocenters. The molecule has 2 heteroatoms. The first kappa shape index (κ1) is 17.2. The molecule has 0 amide bonds. The fourth-order valence-corrected chi connectivity index (χ4v) is 3.51. The number of benzene rings is 3. The fraction of sp³-hybridized carbons (Fsp3) is 0.120. The molecule has 1 aliphatic heterocycles. The maximum Gasteiger partial charge on any atom is 0.0697 e. The van der Waals surface area contributed by atoms with E-state index in [0.29, 0.717) is 0 Å². The van der Waals surface area contributed by atoms with E-state index in [0.717, 1.165) is 23.5 Å². The second-order valence-electron chi connectivity index (χ2n) is 6.60. The van der Waals surface area contributed by atoms with Crippen molar-refractivity contribution in [3.05, 3.63) is 96.6 Å². The van der Waals surface area contributed by atoms with Gasteiger partial charge in [-0.25, -0.2) is 0 Å². The molecule has 0 aliphatic carbocycles. The summed E-state index contributed by atoms with van der Waals surface area (Å²) in [6.07, 6.45) is 7.61. The number of nitrogens with one attached hydrogen (secondary N) is 1. The minimum absolute atomic E-state index is 1.05. The minimum Gasteiger partial charge on any atom is -0.352 e. The highest BCUT2D eigenvalue weighted by Crippen LogP contribution is 2.47. The zero-order valence-electron chi connectivity index (χ0n) is 15.8. The highest BCUT2D eigenvalue weighted by Gasteiger charge is 2.23. The molecule has 3 aromatic rings. The van der Waals surface area contributed by atoms with Crippen LogP contribution in [0.15, 0.2) is 91.0 Å². The normalized spacial score (nSPS) is 13.3. The Kier molecular flexibility index (Phi) is 4.80. The van der Waals surface area contributed by atoms with E-state index in [-0.39, 0.29) is 0 Å². The summed E-state index contributed by atoms with van der Waals surface area (Å²) in [6, 6.07) is 25.7. The van der Waals surface area contributed by atoms with Crippen molar-refractivity contribution in [2.75, 3.05) is 10.2 Å². The second-order valence-corrected chi connectivity index (χ2v) is 6.60. The highest BCUT2D eigenvalue weighted by atomic mass is 15.2. The first-order valence-electron chi connectivity index (χ1n) is 9.50. The van der Waals surface area contributed by atoms with Gasteiger partial charge in [0.05, 0.1) is 22.7 Å². The van der Waals surface area contributed by atoms with Gasteiger partial charge in [0, 0.05) is 5.69 Å². The Labute approximate surface area is 161 Å². The van der Waals surface area contributed by atoms with Gasteiger partial charge in [-0.15, -0.1) is 0 Å². The molecule has 3 aromatic carbocycles. The lowest BCUT2D eigenvalue weighted by molar-refractivity contribution is 1.22. The van der Waals surface area contributed by atoms with Crippen molar-refractivity contribution in [1.82, 2.24) is 0 Å². The summed E-state index contributed by atoms with van der Waals surface area (Å²) < 4.78 is 0. The molecule has 0 aromatic heterocycles. The summed E-state index contributed by atoms with van der Waals surface area (Å²) in [5.41, 5.74) is 8.24. The molecule has 0 fully saturated rings. The summed E-state index contributed by atoms with van der Waals surface area (Å²) in [5, 5.41) is 3.54. The predicted octanol–water partition coefficient (Wildman–Crippen LogP) is 7.58. The predicted molar refractivity (Wildman–Crippen MR) is 117 cm³/mol. The monoisotopic (exact) mass is 352 g/mol. The maximum atomic E-state index is 3.54. The largest absolute Gasteiger partial charge is 0.352 e. The van der Waals surface area contributed by atoms with Crippen molar-refractivity contribution < 1.29 is 0 Å². The Morgan fingerprint density at radius 2 is 1.44 bits per heavy atom. The number of fused-ring (bicyclic) bond motifs is 2. The van der Waals surface area contributed by atoms with Crippen LogP contribution in [-0.4, -0.2) is 0 Å². The van der Waals surface area contributed by atoms with E-state index in [4.69, 9.17) is 0 Å². The standard InChI is InChI=1S/C25H24N2/c1-3-5-10-19(4-2)20-15-17-21(18-16-20)27-24-13-8-6-11-22(24)26-23-12-7-9-14-25(23)27/h4-18,26H,3H2,1-2H3/b10-5-,19-4+. The molecule has 0 radical (unpaired) electrons. The number of nitrogens with zero attached hydrogens (tertiary/aromatic N) is 1. The van der Waals surface area contributed by atoms with Gasteiger partial charge >= 0.3 is 0 Å². The van der Waals surface area contributed by atoms with Crippen LogP contribution in [0.1, 0.15) is 25.8 Å². The Hall–Kier alpha value is -3.26. The van der Waals surface area contributed by atoms with E-state index in [1.54, 1.807) is 0 Å². The molecule has 0 saturated heterocycles. The molecule has 27 heavy (non-hydrogen) atoms. The molecule has 0 atom stereocenters. The van der Waals surface area contributed by atoms with Crippen LogP contribution in [0.2, 0.25) is 0 Å². The van der Waals surface area contributed by atoms with Crippen LogP contribution >= 0.6 is 0 Å². The van der Waals surface area contributed by atoms with Gasteiger partial charge < -0.3 is 10.2 Å². The van der Waals surface area contributed by atoms with Gasteiger partial charge in [-0.2, -0.15) is 0 Å². The van der Waals surface area contributed by atoms with Crippen molar-refractivity contribution in [2.45, 2.75) is 20.3 Å². The van der Waals surface area contributed by atoms with E-state index >= 15 is 0 Å². The zero-order chi connectivity index (χ0) is 18.6. The average Bonchev–Trinajstić information content (AvgIpc) is 2.73. The SMILES string of the molecule is C/C=C(\C=C/CC)c1ccc(N2c3ccccc3Nc3ccccc32)cc1. The Morgan fingerprint density at radius 1 is 0.852 bits per heavy atom. The van der Waals surface area contributed by atoms with E-state index in [9.17, 15) is 0 Å². The highest BCUT2D eigenvalue weighted by molar-refractivity contribution is 5.96. The minimum atomic E-state index is 1.05.